The molecule has 140 valence electrons. The number of hydrogen-bond donors (Lipinski definition) is 1. The highest BCUT2D eigenvalue weighted by Crippen LogP contribution is 2.18. The molecule has 1 amide bonds. The third kappa shape index (κ3) is 6.92. The maximum absolute atomic E-state index is 13.4. The number of rotatable bonds is 10. The molecule has 0 atom stereocenters. The Balaban J connectivity index is 1.63. The van der Waals surface area contributed by atoms with Crippen LogP contribution in [0.5, 0.6) is 11.5 Å². The van der Waals surface area contributed by atoms with Crippen LogP contribution in [0.2, 0.25) is 0 Å². The van der Waals surface area contributed by atoms with Gasteiger partial charge in [0.05, 0.1) is 24.7 Å². The molecule has 0 heterocycles. The highest BCUT2D eigenvalue weighted by molar-refractivity contribution is 7.99. The fourth-order valence-corrected chi connectivity index (χ4v) is 2.62. The van der Waals surface area contributed by atoms with Crippen LogP contribution >= 0.6 is 11.8 Å². The number of halogens is 2. The Morgan fingerprint density at radius 1 is 1.04 bits per heavy atom. The van der Waals surface area contributed by atoms with Crippen LogP contribution in [0.4, 0.5) is 14.5 Å². The molecule has 4 nitrogen and oxygen atoms in total. The minimum atomic E-state index is -0.793. The van der Waals surface area contributed by atoms with Crippen molar-refractivity contribution in [2.24, 2.45) is 0 Å². The van der Waals surface area contributed by atoms with Crippen LogP contribution in [0.3, 0.4) is 0 Å². The average molecular weight is 381 g/mol. The molecule has 0 spiro atoms. The zero-order chi connectivity index (χ0) is 18.8. The topological polar surface area (TPSA) is 47.6 Å². The Bertz CT molecular complexity index is 710. The average Bonchev–Trinajstić information content (AvgIpc) is 2.63. The monoisotopic (exact) mass is 381 g/mol. The number of benzene rings is 2. The zero-order valence-electron chi connectivity index (χ0n) is 14.5. The molecule has 7 heteroatoms. The lowest BCUT2D eigenvalue weighted by molar-refractivity contribution is -0.113. The molecular weight excluding hydrogens is 360 g/mol. The normalized spacial score (nSPS) is 10.4. The van der Waals surface area contributed by atoms with Crippen LogP contribution in [0.1, 0.15) is 13.3 Å². The molecule has 0 fully saturated rings. The van der Waals surface area contributed by atoms with E-state index in [1.807, 2.05) is 31.2 Å². The van der Waals surface area contributed by atoms with E-state index >= 15 is 0 Å². The van der Waals surface area contributed by atoms with E-state index < -0.39 is 11.6 Å². The summed E-state index contributed by atoms with van der Waals surface area (Å²) in [6.07, 6.45) is 0.955. The molecule has 0 aliphatic rings. The molecule has 0 aliphatic heterocycles. The molecule has 0 saturated carbocycles. The molecule has 0 saturated heterocycles. The molecule has 0 aromatic heterocycles. The molecule has 2 aromatic rings. The summed E-state index contributed by atoms with van der Waals surface area (Å²) in [5.41, 5.74) is -0.0290. The molecule has 1 N–H and O–H groups in total. The van der Waals surface area contributed by atoms with Crippen LogP contribution in [0.15, 0.2) is 42.5 Å². The third-order valence-corrected chi connectivity index (χ3v) is 4.15. The molecule has 2 aromatic carbocycles. The first-order valence-electron chi connectivity index (χ1n) is 8.27. The third-order valence-electron chi connectivity index (χ3n) is 3.23. The first-order valence-corrected chi connectivity index (χ1v) is 9.42. The SMILES string of the molecule is CCCOc1ccc(OCCSCC(=O)Nc2ccc(F)cc2F)cc1. The number of thioether (sulfide) groups is 1. The smallest absolute Gasteiger partial charge is 0.234 e. The van der Waals surface area contributed by atoms with Crippen molar-refractivity contribution in [2.75, 3.05) is 30.0 Å². The fraction of sp³-hybridized carbons (Fsp3) is 0.316. The van der Waals surface area contributed by atoms with E-state index in [9.17, 15) is 13.6 Å². The second kappa shape index (κ2) is 10.7. The van der Waals surface area contributed by atoms with Crippen molar-refractivity contribution in [3.05, 3.63) is 54.1 Å². The summed E-state index contributed by atoms with van der Waals surface area (Å²) < 4.78 is 37.3. The van der Waals surface area contributed by atoms with E-state index in [4.69, 9.17) is 9.47 Å². The van der Waals surface area contributed by atoms with Crippen molar-refractivity contribution in [2.45, 2.75) is 13.3 Å². The van der Waals surface area contributed by atoms with Crippen LogP contribution in [-0.2, 0) is 4.79 Å². The van der Waals surface area contributed by atoms with Crippen LogP contribution < -0.4 is 14.8 Å². The number of anilines is 1. The second-order valence-electron chi connectivity index (χ2n) is 5.39. The van der Waals surface area contributed by atoms with Crippen molar-refractivity contribution in [1.82, 2.24) is 0 Å². The van der Waals surface area contributed by atoms with Gasteiger partial charge in [-0.3, -0.25) is 4.79 Å². The van der Waals surface area contributed by atoms with Crippen molar-refractivity contribution in [3.63, 3.8) is 0 Å². The Hall–Kier alpha value is -2.28. The van der Waals surface area contributed by atoms with Crippen molar-refractivity contribution < 1.29 is 23.0 Å². The zero-order valence-corrected chi connectivity index (χ0v) is 15.3. The van der Waals surface area contributed by atoms with Gasteiger partial charge in [0, 0.05) is 11.8 Å². The van der Waals surface area contributed by atoms with Gasteiger partial charge < -0.3 is 14.8 Å². The molecule has 0 aliphatic carbocycles. The van der Waals surface area contributed by atoms with Gasteiger partial charge in [-0.05, 0) is 42.8 Å². The van der Waals surface area contributed by atoms with Crippen LogP contribution in [0, 0.1) is 11.6 Å². The van der Waals surface area contributed by atoms with Crippen molar-refractivity contribution in [1.29, 1.82) is 0 Å². The van der Waals surface area contributed by atoms with E-state index in [1.54, 1.807) is 0 Å². The lowest BCUT2D eigenvalue weighted by atomic mass is 10.3. The quantitative estimate of drug-likeness (QED) is 0.616. The molecule has 0 unspecified atom stereocenters. The summed E-state index contributed by atoms with van der Waals surface area (Å²) in [7, 11) is 0. The van der Waals surface area contributed by atoms with E-state index in [1.165, 1.54) is 17.8 Å². The first kappa shape index (κ1) is 20.0. The predicted molar refractivity (Wildman–Crippen MR) is 100 cm³/mol. The van der Waals surface area contributed by atoms with Gasteiger partial charge >= 0.3 is 0 Å². The van der Waals surface area contributed by atoms with Gasteiger partial charge in [0.15, 0.2) is 0 Å². The highest BCUT2D eigenvalue weighted by atomic mass is 32.2. The molecule has 26 heavy (non-hydrogen) atoms. The van der Waals surface area contributed by atoms with E-state index in [2.05, 4.69) is 5.32 Å². The van der Waals surface area contributed by atoms with Gasteiger partial charge in [0.25, 0.3) is 0 Å². The highest BCUT2D eigenvalue weighted by Gasteiger charge is 2.08. The lowest BCUT2D eigenvalue weighted by Gasteiger charge is -2.09. The van der Waals surface area contributed by atoms with Gasteiger partial charge in [0.2, 0.25) is 5.91 Å². The summed E-state index contributed by atoms with van der Waals surface area (Å²) >= 11 is 1.36. The Morgan fingerprint density at radius 2 is 1.69 bits per heavy atom. The lowest BCUT2D eigenvalue weighted by Crippen LogP contribution is -2.16. The van der Waals surface area contributed by atoms with Gasteiger partial charge in [-0.2, -0.15) is 0 Å². The number of amides is 1. The van der Waals surface area contributed by atoms with E-state index in [0.29, 0.717) is 19.0 Å². The van der Waals surface area contributed by atoms with Gasteiger partial charge in [-0.1, -0.05) is 6.92 Å². The number of nitrogens with one attached hydrogen (secondary N) is 1. The maximum Gasteiger partial charge on any atom is 0.234 e. The molecule has 0 radical (unpaired) electrons. The number of carbonyl (C=O) groups is 1. The van der Waals surface area contributed by atoms with Crippen LogP contribution in [-0.4, -0.2) is 30.6 Å². The number of hydrogen-bond acceptors (Lipinski definition) is 4. The summed E-state index contributed by atoms with van der Waals surface area (Å²) in [6.45, 7) is 3.17. The van der Waals surface area contributed by atoms with Gasteiger partial charge in [0.1, 0.15) is 23.1 Å². The Kier molecular flexibility index (Phi) is 8.21. The molecule has 0 bridgehead atoms. The summed E-state index contributed by atoms with van der Waals surface area (Å²) in [5.74, 6) is 0.468. The Labute approximate surface area is 155 Å². The van der Waals surface area contributed by atoms with E-state index in [0.717, 1.165) is 30.1 Å². The predicted octanol–water partition coefficient (Wildman–Crippen LogP) is 4.50. The summed E-state index contributed by atoms with van der Waals surface area (Å²) in [4.78, 5) is 11.8. The van der Waals surface area contributed by atoms with Crippen LogP contribution in [0.25, 0.3) is 0 Å². The van der Waals surface area contributed by atoms with Gasteiger partial charge in [-0.15, -0.1) is 11.8 Å². The largest absolute Gasteiger partial charge is 0.494 e. The minimum Gasteiger partial charge on any atom is -0.494 e. The Morgan fingerprint density at radius 3 is 2.31 bits per heavy atom. The standard InChI is InChI=1S/C19H21F2NO3S/c1-2-9-24-15-4-6-16(7-5-15)25-10-11-26-13-19(23)22-18-8-3-14(20)12-17(18)21/h3-8,12H,2,9-11,13H2,1H3,(H,22,23). The molecule has 2 rings (SSSR count). The van der Waals surface area contributed by atoms with E-state index in [-0.39, 0.29) is 17.3 Å². The van der Waals surface area contributed by atoms with Crippen molar-refractivity contribution in [3.8, 4) is 11.5 Å². The minimum absolute atomic E-state index is 0.0290. The van der Waals surface area contributed by atoms with Crippen molar-refractivity contribution >= 4 is 23.4 Å². The summed E-state index contributed by atoms with van der Waals surface area (Å²) in [5, 5.41) is 2.41. The first-order chi connectivity index (χ1) is 12.6. The number of ether oxygens (including phenoxy) is 2. The number of carbonyl (C=O) groups excluding carboxylic acids is 1. The van der Waals surface area contributed by atoms with Gasteiger partial charge in [-0.25, -0.2) is 8.78 Å². The second-order valence-corrected chi connectivity index (χ2v) is 6.50. The molecular formula is C19H21F2NO3S. The fourth-order valence-electron chi connectivity index (χ4n) is 2.01. The maximum atomic E-state index is 13.4. The summed E-state index contributed by atoms with van der Waals surface area (Å²) in [6, 6.07) is 10.4.